The van der Waals surface area contributed by atoms with Crippen molar-refractivity contribution in [3.63, 3.8) is 0 Å². The summed E-state index contributed by atoms with van der Waals surface area (Å²) in [6.45, 7) is 0. The molecule has 4 nitrogen and oxygen atoms in total. The van der Waals surface area contributed by atoms with Crippen molar-refractivity contribution >= 4 is 23.2 Å². The van der Waals surface area contributed by atoms with Crippen LogP contribution < -0.4 is 0 Å². The molecule has 2 aromatic rings. The summed E-state index contributed by atoms with van der Waals surface area (Å²) in [7, 11) is 0. The number of rotatable bonds is 4. The zero-order valence-electron chi connectivity index (χ0n) is 8.56. The first-order valence-corrected chi connectivity index (χ1v) is 4.99. The third-order valence-corrected chi connectivity index (χ3v) is 2.53. The van der Waals surface area contributed by atoms with Gasteiger partial charge in [-0.2, -0.15) is 0 Å². The molecule has 1 aromatic carbocycles. The van der Waals surface area contributed by atoms with E-state index in [4.69, 9.17) is 5.11 Å². The summed E-state index contributed by atoms with van der Waals surface area (Å²) in [6.07, 6.45) is 1.14. The molecule has 0 radical (unpaired) electrons. The Labute approximate surface area is 91.9 Å². The number of hydrogen-bond acceptors (Lipinski definition) is 2. The van der Waals surface area contributed by atoms with Crippen LogP contribution in [0.2, 0.25) is 0 Å². The van der Waals surface area contributed by atoms with E-state index in [0.29, 0.717) is 17.7 Å². The van der Waals surface area contributed by atoms with Gasteiger partial charge in [-0.3, -0.25) is 9.59 Å². The highest BCUT2D eigenvalue weighted by Crippen LogP contribution is 2.21. The van der Waals surface area contributed by atoms with Crippen molar-refractivity contribution in [2.75, 3.05) is 0 Å². The van der Waals surface area contributed by atoms with E-state index in [2.05, 4.69) is 4.98 Å². The molecule has 0 aliphatic heterocycles. The molecule has 0 saturated heterocycles. The summed E-state index contributed by atoms with van der Waals surface area (Å²) in [4.78, 5) is 24.5. The van der Waals surface area contributed by atoms with Crippen LogP contribution in [0.4, 0.5) is 0 Å². The number of carbonyl (C=O) groups is 2. The third kappa shape index (κ3) is 1.82. The zero-order chi connectivity index (χ0) is 11.5. The largest absolute Gasteiger partial charge is 0.481 e. The second-order valence-corrected chi connectivity index (χ2v) is 3.57. The highest BCUT2D eigenvalue weighted by atomic mass is 16.4. The minimum atomic E-state index is -0.865. The fourth-order valence-corrected chi connectivity index (χ4v) is 1.78. The number of aromatic amines is 1. The first-order valence-electron chi connectivity index (χ1n) is 4.99. The second-order valence-electron chi connectivity index (χ2n) is 3.57. The molecule has 82 valence electrons. The molecule has 0 fully saturated rings. The van der Waals surface area contributed by atoms with Crippen LogP contribution in [0.15, 0.2) is 24.3 Å². The van der Waals surface area contributed by atoms with Gasteiger partial charge in [0, 0.05) is 22.2 Å². The van der Waals surface area contributed by atoms with Gasteiger partial charge in [0.1, 0.15) is 0 Å². The molecule has 0 aliphatic rings. The molecular formula is C12H11NO3. The van der Waals surface area contributed by atoms with Gasteiger partial charge in [-0.05, 0) is 12.5 Å². The molecule has 2 N–H and O–H groups in total. The number of aldehydes is 1. The zero-order valence-corrected chi connectivity index (χ0v) is 8.56. The monoisotopic (exact) mass is 217 g/mol. The Kier molecular flexibility index (Phi) is 2.72. The minimum absolute atomic E-state index is 0.0215. The quantitative estimate of drug-likeness (QED) is 0.769. The number of carboxylic acids is 1. The van der Waals surface area contributed by atoms with Crippen LogP contribution in [-0.4, -0.2) is 22.3 Å². The summed E-state index contributed by atoms with van der Waals surface area (Å²) < 4.78 is 0. The number of carboxylic acid groups (broad SMARTS) is 1. The smallest absolute Gasteiger partial charge is 0.303 e. The molecule has 4 heteroatoms. The van der Waals surface area contributed by atoms with Crippen molar-refractivity contribution in [1.29, 1.82) is 0 Å². The lowest BCUT2D eigenvalue weighted by Gasteiger charge is -1.95. The predicted octanol–water partition coefficient (Wildman–Crippen LogP) is 2.00. The molecule has 1 aromatic heterocycles. The molecule has 0 bridgehead atoms. The average Bonchev–Trinajstić information content (AvgIpc) is 2.63. The van der Waals surface area contributed by atoms with Crippen molar-refractivity contribution in [3.8, 4) is 0 Å². The normalized spacial score (nSPS) is 10.5. The minimum Gasteiger partial charge on any atom is -0.481 e. The molecule has 0 amide bonds. The SMILES string of the molecule is O=Cc1c(CCC(=O)O)[nH]c2ccccc12. The number of aryl methyl sites for hydroxylation is 1. The maximum absolute atomic E-state index is 11.0. The molecule has 0 spiro atoms. The van der Waals surface area contributed by atoms with Gasteiger partial charge in [0.05, 0.1) is 6.42 Å². The number of aliphatic carboxylic acids is 1. The lowest BCUT2D eigenvalue weighted by atomic mass is 10.1. The number of fused-ring (bicyclic) bond motifs is 1. The molecule has 0 aliphatic carbocycles. The number of H-pyrrole nitrogens is 1. The van der Waals surface area contributed by atoms with Gasteiger partial charge in [-0.1, -0.05) is 18.2 Å². The van der Waals surface area contributed by atoms with Gasteiger partial charge in [-0.25, -0.2) is 0 Å². The van der Waals surface area contributed by atoms with Gasteiger partial charge in [0.25, 0.3) is 0 Å². The lowest BCUT2D eigenvalue weighted by Crippen LogP contribution is -1.99. The summed E-state index contributed by atoms with van der Waals surface area (Å²) in [5, 5.41) is 9.46. The van der Waals surface area contributed by atoms with E-state index < -0.39 is 5.97 Å². The Balaban J connectivity index is 2.44. The van der Waals surface area contributed by atoms with Crippen LogP contribution in [0, 0.1) is 0 Å². The summed E-state index contributed by atoms with van der Waals surface area (Å²) in [5.74, 6) is -0.865. The summed E-state index contributed by atoms with van der Waals surface area (Å²) in [5.41, 5.74) is 2.13. The van der Waals surface area contributed by atoms with E-state index in [1.54, 1.807) is 0 Å². The van der Waals surface area contributed by atoms with Crippen LogP contribution in [0.5, 0.6) is 0 Å². The highest BCUT2D eigenvalue weighted by Gasteiger charge is 2.11. The molecule has 2 rings (SSSR count). The van der Waals surface area contributed by atoms with Crippen LogP contribution in [0.3, 0.4) is 0 Å². The summed E-state index contributed by atoms with van der Waals surface area (Å²) >= 11 is 0. The van der Waals surface area contributed by atoms with E-state index in [1.165, 1.54) is 0 Å². The maximum atomic E-state index is 11.0. The molecule has 0 unspecified atom stereocenters. The van der Waals surface area contributed by atoms with Crippen molar-refractivity contribution < 1.29 is 14.7 Å². The van der Waals surface area contributed by atoms with Crippen molar-refractivity contribution in [1.82, 2.24) is 4.98 Å². The van der Waals surface area contributed by atoms with Crippen molar-refractivity contribution in [3.05, 3.63) is 35.5 Å². The maximum Gasteiger partial charge on any atom is 0.303 e. The molecule has 16 heavy (non-hydrogen) atoms. The van der Waals surface area contributed by atoms with E-state index in [9.17, 15) is 9.59 Å². The first-order chi connectivity index (χ1) is 7.72. The van der Waals surface area contributed by atoms with E-state index in [1.807, 2.05) is 24.3 Å². The van der Waals surface area contributed by atoms with E-state index >= 15 is 0 Å². The van der Waals surface area contributed by atoms with Crippen LogP contribution in [-0.2, 0) is 11.2 Å². The Morgan fingerprint density at radius 1 is 1.38 bits per heavy atom. The van der Waals surface area contributed by atoms with Crippen LogP contribution in [0.1, 0.15) is 22.5 Å². The predicted molar refractivity (Wildman–Crippen MR) is 59.6 cm³/mol. The topological polar surface area (TPSA) is 70.2 Å². The van der Waals surface area contributed by atoms with Crippen LogP contribution in [0.25, 0.3) is 10.9 Å². The lowest BCUT2D eigenvalue weighted by molar-refractivity contribution is -0.136. The summed E-state index contributed by atoms with van der Waals surface area (Å²) in [6, 6.07) is 7.44. The van der Waals surface area contributed by atoms with Crippen LogP contribution >= 0.6 is 0 Å². The first kappa shape index (κ1) is 10.4. The third-order valence-electron chi connectivity index (χ3n) is 2.53. The Hall–Kier alpha value is -2.10. The number of aromatic nitrogens is 1. The fraction of sp³-hybridized carbons (Fsp3) is 0.167. The van der Waals surface area contributed by atoms with E-state index in [0.717, 1.165) is 17.2 Å². The number of carbonyl (C=O) groups excluding carboxylic acids is 1. The van der Waals surface area contributed by atoms with Gasteiger partial charge >= 0.3 is 5.97 Å². The molecule has 1 heterocycles. The van der Waals surface area contributed by atoms with Gasteiger partial charge in [0.2, 0.25) is 0 Å². The molecule has 0 atom stereocenters. The number of para-hydroxylation sites is 1. The Bertz CT molecular complexity index is 542. The van der Waals surface area contributed by atoms with E-state index in [-0.39, 0.29) is 6.42 Å². The standard InChI is InChI=1S/C12H11NO3/c14-7-9-8-3-1-2-4-10(8)13-11(9)5-6-12(15)16/h1-4,7,13H,5-6H2,(H,15,16). The van der Waals surface area contributed by atoms with Crippen molar-refractivity contribution in [2.24, 2.45) is 0 Å². The number of hydrogen-bond donors (Lipinski definition) is 2. The average molecular weight is 217 g/mol. The van der Waals surface area contributed by atoms with Crippen molar-refractivity contribution in [2.45, 2.75) is 12.8 Å². The van der Waals surface area contributed by atoms with Gasteiger partial charge in [0.15, 0.2) is 6.29 Å². The van der Waals surface area contributed by atoms with Gasteiger partial charge < -0.3 is 10.1 Å². The molecular weight excluding hydrogens is 206 g/mol. The Morgan fingerprint density at radius 3 is 2.81 bits per heavy atom. The Morgan fingerprint density at radius 2 is 2.12 bits per heavy atom. The fourth-order valence-electron chi connectivity index (χ4n) is 1.78. The number of nitrogens with one attached hydrogen (secondary N) is 1. The highest BCUT2D eigenvalue weighted by molar-refractivity contribution is 5.98. The van der Waals surface area contributed by atoms with Gasteiger partial charge in [-0.15, -0.1) is 0 Å². The number of benzene rings is 1. The second kappa shape index (κ2) is 4.18. The molecule has 0 saturated carbocycles.